The van der Waals surface area contributed by atoms with Gasteiger partial charge in [0.1, 0.15) is 35.6 Å². The number of para-hydroxylation sites is 1. The number of fused-ring (bicyclic) bond motifs is 1. The normalized spacial score (nSPS) is 26.6. The maximum Gasteiger partial charge on any atom is 0.251 e. The standard InChI is InChI=1S/C20H20N2O8/c23-8-14-16(25)17(26)15(20(28)30-14)22-18(27)9-5-6-11-13(7-9)29-19(21-11)10-3-1-2-4-12(10)24/h1-7,14-17,20,23-26,28H,8H2,(H,22,27)/t14-,15-,16-,17-,20-/m1/s1. The number of aliphatic hydroxyl groups excluding tert-OH is 4. The summed E-state index contributed by atoms with van der Waals surface area (Å²) in [4.78, 5) is 16.9. The Labute approximate surface area is 170 Å². The zero-order chi connectivity index (χ0) is 21.4. The van der Waals surface area contributed by atoms with Gasteiger partial charge in [-0.3, -0.25) is 4.79 Å². The van der Waals surface area contributed by atoms with Crippen LogP contribution in [-0.4, -0.2) is 73.7 Å². The van der Waals surface area contributed by atoms with Crippen LogP contribution in [0.25, 0.3) is 22.6 Å². The molecule has 1 aliphatic heterocycles. The number of hydrogen-bond acceptors (Lipinski definition) is 9. The molecule has 1 saturated heterocycles. The van der Waals surface area contributed by atoms with Gasteiger partial charge in [-0.15, -0.1) is 0 Å². The molecule has 5 atom stereocenters. The number of oxazole rings is 1. The summed E-state index contributed by atoms with van der Waals surface area (Å²) in [5.41, 5.74) is 1.31. The molecule has 1 amide bonds. The molecule has 0 spiro atoms. The van der Waals surface area contributed by atoms with Crippen molar-refractivity contribution in [2.24, 2.45) is 0 Å². The van der Waals surface area contributed by atoms with Gasteiger partial charge < -0.3 is 40.0 Å². The molecule has 6 N–H and O–H groups in total. The fraction of sp³-hybridized carbons (Fsp3) is 0.300. The van der Waals surface area contributed by atoms with E-state index in [1.54, 1.807) is 24.3 Å². The molecule has 10 heteroatoms. The van der Waals surface area contributed by atoms with Crippen molar-refractivity contribution in [3.63, 3.8) is 0 Å². The molecule has 4 rings (SSSR count). The van der Waals surface area contributed by atoms with Crippen LogP contribution in [0, 0.1) is 0 Å². The first-order valence-electron chi connectivity index (χ1n) is 9.19. The Hall–Kier alpha value is -3.02. The van der Waals surface area contributed by atoms with Gasteiger partial charge in [-0.2, -0.15) is 0 Å². The lowest BCUT2D eigenvalue weighted by Gasteiger charge is -2.40. The summed E-state index contributed by atoms with van der Waals surface area (Å²) in [6.07, 6.45) is -5.81. The molecular formula is C20H20N2O8. The van der Waals surface area contributed by atoms with E-state index >= 15 is 0 Å². The minimum Gasteiger partial charge on any atom is -0.507 e. The Kier molecular flexibility index (Phi) is 5.41. The summed E-state index contributed by atoms with van der Waals surface area (Å²) >= 11 is 0. The van der Waals surface area contributed by atoms with Crippen molar-refractivity contribution >= 4 is 17.0 Å². The Balaban J connectivity index is 1.56. The second kappa shape index (κ2) is 8.01. The molecule has 0 unspecified atom stereocenters. The van der Waals surface area contributed by atoms with Crippen molar-refractivity contribution in [2.75, 3.05) is 6.61 Å². The van der Waals surface area contributed by atoms with E-state index in [0.29, 0.717) is 16.7 Å². The number of carbonyl (C=O) groups excluding carboxylic acids is 1. The van der Waals surface area contributed by atoms with Gasteiger partial charge in [0.2, 0.25) is 5.89 Å². The summed E-state index contributed by atoms with van der Waals surface area (Å²) in [6.45, 7) is -0.600. The topological polar surface area (TPSA) is 166 Å². The molecule has 158 valence electrons. The van der Waals surface area contributed by atoms with Gasteiger partial charge in [0.05, 0.1) is 12.2 Å². The second-order valence-corrected chi connectivity index (χ2v) is 6.95. The molecule has 3 aromatic rings. The van der Waals surface area contributed by atoms with Crippen LogP contribution < -0.4 is 5.32 Å². The number of aromatic nitrogens is 1. The van der Waals surface area contributed by atoms with Gasteiger partial charge in [0.15, 0.2) is 11.9 Å². The highest BCUT2D eigenvalue weighted by molar-refractivity contribution is 5.97. The molecule has 0 aliphatic carbocycles. The summed E-state index contributed by atoms with van der Waals surface area (Å²) in [5, 5.41) is 51.6. The number of ether oxygens (including phenoxy) is 1. The monoisotopic (exact) mass is 416 g/mol. The van der Waals surface area contributed by atoms with Crippen molar-refractivity contribution in [3.05, 3.63) is 48.0 Å². The molecule has 10 nitrogen and oxygen atoms in total. The summed E-state index contributed by atoms with van der Waals surface area (Å²) in [6, 6.07) is 9.69. The molecule has 2 heterocycles. The number of rotatable bonds is 4. The predicted molar refractivity (Wildman–Crippen MR) is 102 cm³/mol. The van der Waals surface area contributed by atoms with E-state index in [1.807, 2.05) is 0 Å². The van der Waals surface area contributed by atoms with E-state index in [0.717, 1.165) is 0 Å². The number of phenolic OH excluding ortho intramolecular Hbond substituents is 1. The number of amides is 1. The predicted octanol–water partition coefficient (Wildman–Crippen LogP) is -0.270. The van der Waals surface area contributed by atoms with Gasteiger partial charge in [-0.25, -0.2) is 4.98 Å². The van der Waals surface area contributed by atoms with Crippen LogP contribution in [0.3, 0.4) is 0 Å². The molecule has 1 aromatic heterocycles. The number of hydrogen-bond donors (Lipinski definition) is 6. The van der Waals surface area contributed by atoms with Crippen LogP contribution in [0.5, 0.6) is 5.75 Å². The SMILES string of the molecule is O=C(N[C@@H]1[C@@H](O)[C@H](O)[C@@H](CO)O[C@H]1O)c1ccc2nc(-c3ccccc3O)oc2c1. The third-order valence-corrected chi connectivity index (χ3v) is 4.98. The van der Waals surface area contributed by atoms with E-state index < -0.39 is 43.2 Å². The van der Waals surface area contributed by atoms with E-state index in [2.05, 4.69) is 10.3 Å². The van der Waals surface area contributed by atoms with Crippen molar-refractivity contribution in [2.45, 2.75) is 30.6 Å². The first-order valence-corrected chi connectivity index (χ1v) is 9.19. The van der Waals surface area contributed by atoms with Crippen molar-refractivity contribution in [1.29, 1.82) is 0 Å². The fourth-order valence-corrected chi connectivity index (χ4v) is 3.32. The number of nitrogens with zero attached hydrogens (tertiary/aromatic N) is 1. The van der Waals surface area contributed by atoms with E-state index in [-0.39, 0.29) is 17.2 Å². The van der Waals surface area contributed by atoms with E-state index in [4.69, 9.17) is 14.3 Å². The average molecular weight is 416 g/mol. The first-order chi connectivity index (χ1) is 14.4. The lowest BCUT2D eigenvalue weighted by Crippen LogP contribution is -2.64. The molecule has 1 fully saturated rings. The van der Waals surface area contributed by atoms with Gasteiger partial charge >= 0.3 is 0 Å². The Morgan fingerprint density at radius 3 is 2.60 bits per heavy atom. The largest absolute Gasteiger partial charge is 0.507 e. The number of aromatic hydroxyl groups is 1. The fourth-order valence-electron chi connectivity index (χ4n) is 3.32. The number of carbonyl (C=O) groups is 1. The molecular weight excluding hydrogens is 396 g/mol. The van der Waals surface area contributed by atoms with Gasteiger partial charge in [-0.1, -0.05) is 12.1 Å². The van der Waals surface area contributed by atoms with Crippen LogP contribution >= 0.6 is 0 Å². The average Bonchev–Trinajstić information content (AvgIpc) is 3.17. The minimum absolute atomic E-state index is 0.00189. The maximum absolute atomic E-state index is 12.6. The Bertz CT molecular complexity index is 1070. The van der Waals surface area contributed by atoms with Gasteiger partial charge in [0, 0.05) is 5.56 Å². The second-order valence-electron chi connectivity index (χ2n) is 6.95. The third-order valence-electron chi connectivity index (χ3n) is 4.98. The number of phenols is 1. The van der Waals surface area contributed by atoms with Crippen molar-refractivity contribution in [3.8, 4) is 17.2 Å². The number of benzene rings is 2. The third kappa shape index (κ3) is 3.62. The number of nitrogens with one attached hydrogen (secondary N) is 1. The molecule has 0 bridgehead atoms. The molecule has 30 heavy (non-hydrogen) atoms. The Morgan fingerprint density at radius 1 is 1.10 bits per heavy atom. The minimum atomic E-state index is -1.62. The zero-order valence-electron chi connectivity index (χ0n) is 15.5. The highest BCUT2D eigenvalue weighted by Crippen LogP contribution is 2.31. The summed E-state index contributed by atoms with van der Waals surface area (Å²) < 4.78 is 10.7. The van der Waals surface area contributed by atoms with Crippen molar-refractivity contribution < 1.29 is 39.5 Å². The lowest BCUT2D eigenvalue weighted by molar-refractivity contribution is -0.252. The molecule has 2 aromatic carbocycles. The van der Waals surface area contributed by atoms with Gasteiger partial charge in [0.25, 0.3) is 5.91 Å². The van der Waals surface area contributed by atoms with E-state index in [1.165, 1.54) is 18.2 Å². The highest BCUT2D eigenvalue weighted by Gasteiger charge is 2.44. The van der Waals surface area contributed by atoms with Crippen molar-refractivity contribution in [1.82, 2.24) is 10.3 Å². The van der Waals surface area contributed by atoms with Crippen LogP contribution in [-0.2, 0) is 4.74 Å². The quantitative estimate of drug-likeness (QED) is 0.336. The first kappa shape index (κ1) is 20.3. The maximum atomic E-state index is 12.6. The summed E-state index contributed by atoms with van der Waals surface area (Å²) in [7, 11) is 0. The van der Waals surface area contributed by atoms with Crippen LogP contribution in [0.2, 0.25) is 0 Å². The van der Waals surface area contributed by atoms with Crippen LogP contribution in [0.1, 0.15) is 10.4 Å². The number of aliphatic hydroxyl groups is 4. The molecule has 0 saturated carbocycles. The molecule has 0 radical (unpaired) electrons. The van der Waals surface area contributed by atoms with E-state index in [9.17, 15) is 25.2 Å². The van der Waals surface area contributed by atoms with Crippen LogP contribution in [0.4, 0.5) is 0 Å². The smallest absolute Gasteiger partial charge is 0.251 e. The van der Waals surface area contributed by atoms with Crippen LogP contribution in [0.15, 0.2) is 46.9 Å². The highest BCUT2D eigenvalue weighted by atomic mass is 16.6. The van der Waals surface area contributed by atoms with Gasteiger partial charge in [-0.05, 0) is 30.3 Å². The Morgan fingerprint density at radius 2 is 1.87 bits per heavy atom. The molecule has 1 aliphatic rings. The summed E-state index contributed by atoms with van der Waals surface area (Å²) in [5.74, 6) is -0.467. The lowest BCUT2D eigenvalue weighted by atomic mass is 9.97. The zero-order valence-corrected chi connectivity index (χ0v) is 15.5.